The molecule has 0 saturated carbocycles. The molecule has 3 nitrogen and oxygen atoms in total. The first kappa shape index (κ1) is 15.0. The van der Waals surface area contributed by atoms with Gasteiger partial charge < -0.3 is 4.74 Å². The van der Waals surface area contributed by atoms with Gasteiger partial charge in [0.15, 0.2) is 0 Å². The fourth-order valence-electron chi connectivity index (χ4n) is 1.94. The number of nitrogens with zero attached hydrogens (tertiary/aromatic N) is 2. The standard InChI is InChI=1S/C14H15BrF2N2O/c1-9(2)7-11-8-13(15)18-19(11)10-3-5-12(6-4-10)20-14(16)17/h3-6,8-9,14H,7H2,1-2H3. The SMILES string of the molecule is CC(C)Cc1cc(Br)nn1-c1ccc(OC(F)F)cc1. The van der Waals surface area contributed by atoms with Crippen molar-refractivity contribution in [2.24, 2.45) is 5.92 Å². The van der Waals surface area contributed by atoms with Gasteiger partial charge in [0, 0.05) is 5.69 Å². The number of alkyl halides is 2. The molecule has 0 aliphatic heterocycles. The van der Waals surface area contributed by atoms with Gasteiger partial charge in [-0.3, -0.25) is 0 Å². The molecule has 20 heavy (non-hydrogen) atoms. The van der Waals surface area contributed by atoms with Crippen LogP contribution >= 0.6 is 15.9 Å². The van der Waals surface area contributed by atoms with E-state index in [0.717, 1.165) is 22.4 Å². The van der Waals surface area contributed by atoms with Gasteiger partial charge in [-0.1, -0.05) is 13.8 Å². The van der Waals surface area contributed by atoms with Gasteiger partial charge in [-0.25, -0.2) is 4.68 Å². The van der Waals surface area contributed by atoms with Crippen molar-refractivity contribution >= 4 is 15.9 Å². The lowest BCUT2D eigenvalue weighted by atomic mass is 10.1. The molecule has 0 saturated heterocycles. The van der Waals surface area contributed by atoms with E-state index in [-0.39, 0.29) is 5.75 Å². The van der Waals surface area contributed by atoms with Crippen LogP contribution in [0.25, 0.3) is 5.69 Å². The zero-order chi connectivity index (χ0) is 14.7. The van der Waals surface area contributed by atoms with Crippen molar-refractivity contribution < 1.29 is 13.5 Å². The van der Waals surface area contributed by atoms with Crippen LogP contribution in [0.5, 0.6) is 5.75 Å². The second kappa shape index (κ2) is 6.35. The van der Waals surface area contributed by atoms with E-state index >= 15 is 0 Å². The molecule has 0 radical (unpaired) electrons. The van der Waals surface area contributed by atoms with Crippen LogP contribution in [0, 0.1) is 5.92 Å². The highest BCUT2D eigenvalue weighted by Crippen LogP contribution is 2.22. The molecule has 108 valence electrons. The largest absolute Gasteiger partial charge is 0.435 e. The van der Waals surface area contributed by atoms with Crippen LogP contribution in [0.2, 0.25) is 0 Å². The van der Waals surface area contributed by atoms with Crippen LogP contribution in [-0.4, -0.2) is 16.4 Å². The number of benzene rings is 1. The molecule has 1 heterocycles. The predicted octanol–water partition coefficient (Wildman–Crippen LogP) is 4.43. The second-order valence-corrected chi connectivity index (χ2v) is 5.65. The molecule has 1 aromatic carbocycles. The highest BCUT2D eigenvalue weighted by atomic mass is 79.9. The Morgan fingerprint density at radius 2 is 1.90 bits per heavy atom. The molecule has 6 heteroatoms. The molecular formula is C14H15BrF2N2O. The van der Waals surface area contributed by atoms with E-state index in [2.05, 4.69) is 39.6 Å². The van der Waals surface area contributed by atoms with Gasteiger partial charge in [0.2, 0.25) is 0 Å². The average molecular weight is 345 g/mol. The highest BCUT2D eigenvalue weighted by molar-refractivity contribution is 9.10. The Kier molecular flexibility index (Phi) is 4.75. The lowest BCUT2D eigenvalue weighted by Crippen LogP contribution is -2.06. The van der Waals surface area contributed by atoms with Crippen molar-refractivity contribution in [3.63, 3.8) is 0 Å². The predicted molar refractivity (Wildman–Crippen MR) is 76.4 cm³/mol. The number of hydrogen-bond acceptors (Lipinski definition) is 2. The molecule has 0 aliphatic rings. The first-order valence-corrected chi connectivity index (χ1v) is 7.04. The van der Waals surface area contributed by atoms with E-state index in [1.807, 2.05) is 6.07 Å². The Labute approximate surface area is 124 Å². The maximum Gasteiger partial charge on any atom is 0.387 e. The minimum Gasteiger partial charge on any atom is -0.435 e. The van der Waals surface area contributed by atoms with Crippen LogP contribution in [0.1, 0.15) is 19.5 Å². The van der Waals surface area contributed by atoms with Gasteiger partial charge in [-0.15, -0.1) is 0 Å². The van der Waals surface area contributed by atoms with Gasteiger partial charge in [0.1, 0.15) is 10.4 Å². The Morgan fingerprint density at radius 1 is 1.25 bits per heavy atom. The van der Waals surface area contributed by atoms with Gasteiger partial charge in [0.05, 0.1) is 5.69 Å². The lowest BCUT2D eigenvalue weighted by Gasteiger charge is -2.10. The summed E-state index contributed by atoms with van der Waals surface area (Å²) in [5.41, 5.74) is 1.88. The molecule has 0 spiro atoms. The lowest BCUT2D eigenvalue weighted by molar-refractivity contribution is -0.0498. The first-order chi connectivity index (χ1) is 9.45. The van der Waals surface area contributed by atoms with Crippen molar-refractivity contribution in [3.8, 4) is 11.4 Å². The highest BCUT2D eigenvalue weighted by Gasteiger charge is 2.11. The summed E-state index contributed by atoms with van der Waals surface area (Å²) in [5, 5.41) is 4.37. The van der Waals surface area contributed by atoms with Crippen molar-refractivity contribution in [2.75, 3.05) is 0 Å². The van der Waals surface area contributed by atoms with Crippen LogP contribution in [0.3, 0.4) is 0 Å². The third-order valence-corrected chi connectivity index (χ3v) is 3.06. The summed E-state index contributed by atoms with van der Waals surface area (Å²) in [6, 6.07) is 8.40. The molecule has 0 bridgehead atoms. The summed E-state index contributed by atoms with van der Waals surface area (Å²) in [7, 11) is 0. The Hall–Kier alpha value is -1.43. The average Bonchev–Trinajstić information content (AvgIpc) is 2.69. The third kappa shape index (κ3) is 3.79. The van der Waals surface area contributed by atoms with Gasteiger partial charge >= 0.3 is 6.61 Å². The maximum atomic E-state index is 12.1. The molecule has 0 N–H and O–H groups in total. The van der Waals surface area contributed by atoms with Gasteiger partial charge in [0.25, 0.3) is 0 Å². The minimum atomic E-state index is -2.81. The summed E-state index contributed by atoms with van der Waals surface area (Å²) < 4.78 is 31.1. The molecule has 0 fully saturated rings. The summed E-state index contributed by atoms with van der Waals surface area (Å²) in [6.45, 7) is 1.45. The van der Waals surface area contributed by atoms with Crippen molar-refractivity contribution in [3.05, 3.63) is 40.6 Å². The van der Waals surface area contributed by atoms with E-state index in [9.17, 15) is 8.78 Å². The Balaban J connectivity index is 2.27. The van der Waals surface area contributed by atoms with Gasteiger partial charge in [-0.05, 0) is 58.6 Å². The topological polar surface area (TPSA) is 27.1 Å². The first-order valence-electron chi connectivity index (χ1n) is 6.25. The van der Waals surface area contributed by atoms with E-state index in [1.165, 1.54) is 12.1 Å². The fraction of sp³-hybridized carbons (Fsp3) is 0.357. The number of hydrogen-bond donors (Lipinski definition) is 0. The van der Waals surface area contributed by atoms with Crippen molar-refractivity contribution in [1.82, 2.24) is 9.78 Å². The number of aromatic nitrogens is 2. The molecular weight excluding hydrogens is 330 g/mol. The molecule has 0 aliphatic carbocycles. The zero-order valence-corrected chi connectivity index (χ0v) is 12.8. The maximum absolute atomic E-state index is 12.1. The molecule has 2 aromatic rings. The Bertz CT molecular complexity index is 567. The molecule has 0 unspecified atom stereocenters. The summed E-state index contributed by atoms with van der Waals surface area (Å²) >= 11 is 3.36. The molecule has 2 rings (SSSR count). The van der Waals surface area contributed by atoms with Crippen molar-refractivity contribution in [2.45, 2.75) is 26.9 Å². The minimum absolute atomic E-state index is 0.139. The molecule has 0 atom stereocenters. The summed E-state index contributed by atoms with van der Waals surface area (Å²) in [6.07, 6.45) is 0.883. The Morgan fingerprint density at radius 3 is 2.45 bits per heavy atom. The number of rotatable bonds is 5. The van der Waals surface area contributed by atoms with E-state index < -0.39 is 6.61 Å². The second-order valence-electron chi connectivity index (χ2n) is 4.84. The number of halogens is 3. The third-order valence-electron chi connectivity index (χ3n) is 2.68. The fourth-order valence-corrected chi connectivity index (χ4v) is 2.37. The summed E-state index contributed by atoms with van der Waals surface area (Å²) in [4.78, 5) is 0. The van der Waals surface area contributed by atoms with Crippen molar-refractivity contribution in [1.29, 1.82) is 0 Å². The monoisotopic (exact) mass is 344 g/mol. The van der Waals surface area contributed by atoms with Crippen LogP contribution in [0.15, 0.2) is 34.9 Å². The van der Waals surface area contributed by atoms with Crippen LogP contribution in [0.4, 0.5) is 8.78 Å². The molecule has 1 aromatic heterocycles. The van der Waals surface area contributed by atoms with Crippen LogP contribution < -0.4 is 4.74 Å². The van der Waals surface area contributed by atoms with E-state index in [0.29, 0.717) is 5.92 Å². The number of ether oxygens (including phenoxy) is 1. The van der Waals surface area contributed by atoms with E-state index in [1.54, 1.807) is 16.8 Å². The van der Waals surface area contributed by atoms with Crippen LogP contribution in [-0.2, 0) is 6.42 Å². The zero-order valence-electron chi connectivity index (χ0n) is 11.2. The normalized spacial score (nSPS) is 11.3. The van der Waals surface area contributed by atoms with E-state index in [4.69, 9.17) is 0 Å². The quantitative estimate of drug-likeness (QED) is 0.801. The summed E-state index contributed by atoms with van der Waals surface area (Å²) in [5.74, 6) is 0.638. The molecule has 0 amide bonds. The van der Waals surface area contributed by atoms with Gasteiger partial charge in [-0.2, -0.15) is 13.9 Å². The smallest absolute Gasteiger partial charge is 0.387 e.